The summed E-state index contributed by atoms with van der Waals surface area (Å²) in [6.07, 6.45) is 4.12. The molecule has 1 aliphatic heterocycles. The third kappa shape index (κ3) is 2.71. The fourth-order valence-corrected chi connectivity index (χ4v) is 3.20. The molecule has 120 valence electrons. The molecule has 3 aromatic rings. The van der Waals surface area contributed by atoms with Crippen LogP contribution in [0.15, 0.2) is 54.6 Å². The molecule has 2 heterocycles. The SMILES string of the molecule is O=C(/C=C/c1ccc(F)cc1)N1CCc2[nH]c3ccccc3c2C1. The highest BCUT2D eigenvalue weighted by Gasteiger charge is 2.22. The molecular formula is C20H17FN2O. The summed E-state index contributed by atoms with van der Waals surface area (Å²) in [6, 6.07) is 14.3. The first-order valence-corrected chi connectivity index (χ1v) is 8.02. The topological polar surface area (TPSA) is 36.1 Å². The summed E-state index contributed by atoms with van der Waals surface area (Å²) in [5.74, 6) is -0.295. The summed E-state index contributed by atoms with van der Waals surface area (Å²) in [5.41, 5.74) is 4.37. The van der Waals surface area contributed by atoms with Gasteiger partial charge in [0.25, 0.3) is 0 Å². The van der Waals surface area contributed by atoms with Crippen molar-refractivity contribution < 1.29 is 9.18 Å². The molecule has 0 radical (unpaired) electrons. The number of H-pyrrole nitrogens is 1. The fourth-order valence-electron chi connectivity index (χ4n) is 3.20. The monoisotopic (exact) mass is 320 g/mol. The molecule has 0 saturated heterocycles. The molecule has 0 fully saturated rings. The summed E-state index contributed by atoms with van der Waals surface area (Å²) >= 11 is 0. The number of amides is 1. The van der Waals surface area contributed by atoms with Gasteiger partial charge < -0.3 is 9.88 Å². The lowest BCUT2D eigenvalue weighted by molar-refractivity contribution is -0.126. The van der Waals surface area contributed by atoms with Crippen molar-refractivity contribution in [2.24, 2.45) is 0 Å². The quantitative estimate of drug-likeness (QED) is 0.714. The van der Waals surface area contributed by atoms with Crippen molar-refractivity contribution >= 4 is 22.9 Å². The van der Waals surface area contributed by atoms with Crippen molar-refractivity contribution in [3.63, 3.8) is 0 Å². The lowest BCUT2D eigenvalue weighted by atomic mass is 10.0. The lowest BCUT2D eigenvalue weighted by Gasteiger charge is -2.26. The lowest BCUT2D eigenvalue weighted by Crippen LogP contribution is -2.34. The first kappa shape index (κ1) is 14.7. The molecule has 1 N–H and O–H groups in total. The van der Waals surface area contributed by atoms with Gasteiger partial charge in [-0.1, -0.05) is 30.3 Å². The number of hydrogen-bond acceptors (Lipinski definition) is 1. The van der Waals surface area contributed by atoms with Crippen LogP contribution >= 0.6 is 0 Å². The number of hydrogen-bond donors (Lipinski definition) is 1. The van der Waals surface area contributed by atoms with Gasteiger partial charge in [0.1, 0.15) is 5.82 Å². The maximum absolute atomic E-state index is 12.9. The zero-order valence-electron chi connectivity index (χ0n) is 13.1. The average Bonchev–Trinajstić information content (AvgIpc) is 2.99. The van der Waals surface area contributed by atoms with E-state index in [-0.39, 0.29) is 11.7 Å². The molecule has 0 spiro atoms. The summed E-state index contributed by atoms with van der Waals surface area (Å²) in [4.78, 5) is 17.8. The van der Waals surface area contributed by atoms with Gasteiger partial charge in [0.05, 0.1) is 0 Å². The highest BCUT2D eigenvalue weighted by Crippen LogP contribution is 2.27. The van der Waals surface area contributed by atoms with Gasteiger partial charge in [-0.2, -0.15) is 0 Å². The number of para-hydroxylation sites is 1. The van der Waals surface area contributed by atoms with Gasteiger partial charge >= 0.3 is 0 Å². The van der Waals surface area contributed by atoms with Crippen LogP contribution in [0.25, 0.3) is 17.0 Å². The van der Waals surface area contributed by atoms with E-state index < -0.39 is 0 Å². The smallest absolute Gasteiger partial charge is 0.246 e. The molecule has 0 unspecified atom stereocenters. The van der Waals surface area contributed by atoms with Crippen LogP contribution in [0.5, 0.6) is 0 Å². The van der Waals surface area contributed by atoms with Gasteiger partial charge in [-0.3, -0.25) is 4.79 Å². The van der Waals surface area contributed by atoms with E-state index in [1.54, 1.807) is 24.3 Å². The van der Waals surface area contributed by atoms with Gasteiger partial charge in [-0.05, 0) is 29.8 Å². The molecular weight excluding hydrogens is 303 g/mol. The number of nitrogens with one attached hydrogen (secondary N) is 1. The number of rotatable bonds is 2. The summed E-state index contributed by atoms with van der Waals surface area (Å²) in [5, 5.41) is 1.19. The Bertz CT molecular complexity index is 924. The number of carbonyl (C=O) groups is 1. The predicted octanol–water partition coefficient (Wildman–Crippen LogP) is 3.91. The molecule has 24 heavy (non-hydrogen) atoms. The number of benzene rings is 2. The zero-order valence-corrected chi connectivity index (χ0v) is 13.1. The highest BCUT2D eigenvalue weighted by molar-refractivity contribution is 5.93. The van der Waals surface area contributed by atoms with E-state index in [1.807, 2.05) is 17.0 Å². The number of halogens is 1. The molecule has 1 aliphatic rings. The third-order valence-electron chi connectivity index (χ3n) is 4.48. The number of fused-ring (bicyclic) bond motifs is 3. The molecule has 0 atom stereocenters. The summed E-state index contributed by atoms with van der Waals surface area (Å²) < 4.78 is 12.9. The normalized spacial score (nSPS) is 14.3. The first-order chi connectivity index (χ1) is 11.7. The van der Waals surface area contributed by atoms with Gasteiger partial charge in [-0.25, -0.2) is 4.39 Å². The molecule has 0 saturated carbocycles. The van der Waals surface area contributed by atoms with Crippen LogP contribution in [-0.4, -0.2) is 22.3 Å². The Hall–Kier alpha value is -2.88. The van der Waals surface area contributed by atoms with E-state index in [0.29, 0.717) is 13.1 Å². The van der Waals surface area contributed by atoms with E-state index in [0.717, 1.165) is 17.5 Å². The maximum atomic E-state index is 12.9. The molecule has 1 aromatic heterocycles. The Kier molecular flexibility index (Phi) is 3.65. The Morgan fingerprint density at radius 2 is 1.92 bits per heavy atom. The number of nitrogens with zero attached hydrogens (tertiary/aromatic N) is 1. The Morgan fingerprint density at radius 3 is 2.75 bits per heavy atom. The number of aromatic amines is 1. The minimum atomic E-state index is -0.277. The highest BCUT2D eigenvalue weighted by atomic mass is 19.1. The van der Waals surface area contributed by atoms with E-state index in [2.05, 4.69) is 17.1 Å². The van der Waals surface area contributed by atoms with Crippen molar-refractivity contribution in [2.75, 3.05) is 6.54 Å². The zero-order chi connectivity index (χ0) is 16.5. The number of carbonyl (C=O) groups excluding carboxylic acids is 1. The Balaban J connectivity index is 1.53. The van der Waals surface area contributed by atoms with Gasteiger partial charge in [0.2, 0.25) is 5.91 Å². The van der Waals surface area contributed by atoms with Crippen LogP contribution in [0.3, 0.4) is 0 Å². The van der Waals surface area contributed by atoms with Gasteiger partial charge in [0.15, 0.2) is 0 Å². The predicted molar refractivity (Wildman–Crippen MR) is 92.9 cm³/mol. The van der Waals surface area contributed by atoms with Gasteiger partial charge in [0, 0.05) is 47.7 Å². The molecule has 3 nitrogen and oxygen atoms in total. The van der Waals surface area contributed by atoms with Gasteiger partial charge in [-0.15, -0.1) is 0 Å². The van der Waals surface area contributed by atoms with E-state index in [1.165, 1.54) is 28.8 Å². The van der Waals surface area contributed by atoms with Crippen LogP contribution < -0.4 is 0 Å². The second-order valence-electron chi connectivity index (χ2n) is 6.02. The molecule has 2 aromatic carbocycles. The Morgan fingerprint density at radius 1 is 1.12 bits per heavy atom. The summed E-state index contributed by atoms with van der Waals surface area (Å²) in [7, 11) is 0. The average molecular weight is 320 g/mol. The third-order valence-corrected chi connectivity index (χ3v) is 4.48. The second kappa shape index (κ2) is 5.96. The van der Waals surface area contributed by atoms with Crippen molar-refractivity contribution in [1.29, 1.82) is 0 Å². The number of aromatic nitrogens is 1. The van der Waals surface area contributed by atoms with Crippen LogP contribution in [-0.2, 0) is 17.8 Å². The van der Waals surface area contributed by atoms with Crippen LogP contribution in [0.4, 0.5) is 4.39 Å². The standard InChI is InChI=1S/C20H17FN2O/c21-15-8-5-14(6-9-15)7-10-20(24)23-12-11-19-17(13-23)16-3-1-2-4-18(16)22-19/h1-10,22H,11-13H2/b10-7+. The molecule has 1 amide bonds. The second-order valence-corrected chi connectivity index (χ2v) is 6.02. The van der Waals surface area contributed by atoms with E-state index >= 15 is 0 Å². The van der Waals surface area contributed by atoms with Crippen molar-refractivity contribution in [1.82, 2.24) is 9.88 Å². The molecule has 0 bridgehead atoms. The first-order valence-electron chi connectivity index (χ1n) is 8.02. The van der Waals surface area contributed by atoms with Crippen molar-refractivity contribution in [3.05, 3.63) is 77.2 Å². The van der Waals surface area contributed by atoms with E-state index in [9.17, 15) is 9.18 Å². The molecule has 4 heteroatoms. The van der Waals surface area contributed by atoms with Crippen molar-refractivity contribution in [3.8, 4) is 0 Å². The van der Waals surface area contributed by atoms with Crippen LogP contribution in [0.2, 0.25) is 0 Å². The minimum absolute atomic E-state index is 0.0183. The van der Waals surface area contributed by atoms with Crippen LogP contribution in [0, 0.1) is 5.82 Å². The summed E-state index contributed by atoms with van der Waals surface area (Å²) in [6.45, 7) is 1.32. The Labute approximate surface area is 139 Å². The largest absolute Gasteiger partial charge is 0.358 e. The maximum Gasteiger partial charge on any atom is 0.246 e. The molecule has 4 rings (SSSR count). The van der Waals surface area contributed by atoms with Crippen LogP contribution in [0.1, 0.15) is 16.8 Å². The minimum Gasteiger partial charge on any atom is -0.358 e. The van der Waals surface area contributed by atoms with Crippen molar-refractivity contribution in [2.45, 2.75) is 13.0 Å². The fraction of sp³-hybridized carbons (Fsp3) is 0.150. The molecule has 0 aliphatic carbocycles. The van der Waals surface area contributed by atoms with E-state index in [4.69, 9.17) is 0 Å².